The molecule has 9 heteroatoms. The summed E-state index contributed by atoms with van der Waals surface area (Å²) in [5, 5.41) is 0. The Kier molecular flexibility index (Phi) is 7.30. The smallest absolute Gasteiger partial charge is 0.373 e. The zero-order valence-corrected chi connectivity index (χ0v) is 20.0. The summed E-state index contributed by atoms with van der Waals surface area (Å²) >= 11 is 0. The van der Waals surface area contributed by atoms with Crippen molar-refractivity contribution in [2.75, 3.05) is 14.2 Å². The normalized spacial score (nSPS) is 44.5. The van der Waals surface area contributed by atoms with Crippen LogP contribution in [-0.4, -0.2) is 44.2 Å². The number of ether oxygens (including phenoxy) is 2. The fourth-order valence-corrected chi connectivity index (χ4v) is 8.92. The van der Waals surface area contributed by atoms with Gasteiger partial charge in [0, 0.05) is 10.8 Å². The van der Waals surface area contributed by atoms with E-state index in [0.717, 1.165) is 32.1 Å². The number of esters is 2. The van der Waals surface area contributed by atoms with Crippen LogP contribution in [0.2, 0.25) is 0 Å². The van der Waals surface area contributed by atoms with Crippen molar-refractivity contribution < 1.29 is 43.0 Å². The van der Waals surface area contributed by atoms with E-state index >= 15 is 0 Å². The van der Waals surface area contributed by atoms with Crippen molar-refractivity contribution in [3.63, 3.8) is 0 Å². The zero-order valence-electron chi connectivity index (χ0n) is 20.0. The summed E-state index contributed by atoms with van der Waals surface area (Å²) in [6.45, 7) is 4.68. The van der Waals surface area contributed by atoms with Crippen LogP contribution in [0.1, 0.15) is 52.4 Å². The van der Waals surface area contributed by atoms with Gasteiger partial charge < -0.3 is 9.47 Å². The Labute approximate surface area is 198 Å². The van der Waals surface area contributed by atoms with E-state index in [1.54, 1.807) is 0 Å². The van der Waals surface area contributed by atoms with Gasteiger partial charge in [0.15, 0.2) is 0 Å². The van der Waals surface area contributed by atoms with E-state index < -0.39 is 17.3 Å². The second-order valence-corrected chi connectivity index (χ2v) is 10.7. The van der Waals surface area contributed by atoms with Crippen molar-refractivity contribution >= 4 is 30.0 Å². The average Bonchev–Trinajstić information content (AvgIpc) is 3.60. The van der Waals surface area contributed by atoms with Crippen LogP contribution in [0.25, 0.3) is 0 Å². The Balaban J connectivity index is 0.000000492. The molecule has 0 amide bonds. The lowest BCUT2D eigenvalue weighted by atomic mass is 9.58. The number of fused-ring (bicyclic) bond motifs is 6. The maximum absolute atomic E-state index is 14.1. The van der Waals surface area contributed by atoms with E-state index in [1.165, 1.54) is 20.6 Å². The highest BCUT2D eigenvalue weighted by atomic mass is 16.5. The predicted molar refractivity (Wildman–Crippen MR) is 111 cm³/mol. The van der Waals surface area contributed by atoms with Crippen molar-refractivity contribution in [1.82, 2.24) is 0 Å². The first-order valence-electron chi connectivity index (χ1n) is 11.8. The van der Waals surface area contributed by atoms with E-state index in [-0.39, 0.29) is 41.5 Å². The molecule has 0 aromatic carbocycles. The lowest BCUT2D eigenvalue weighted by Gasteiger charge is -2.43. The number of ketones is 1. The second-order valence-electron chi connectivity index (χ2n) is 10.7. The third-order valence-corrected chi connectivity index (χ3v) is 10.2. The van der Waals surface area contributed by atoms with Crippen molar-refractivity contribution in [1.29, 1.82) is 0 Å². The van der Waals surface area contributed by atoms with Crippen LogP contribution in [0, 0.1) is 58.2 Å². The van der Waals surface area contributed by atoms with Crippen LogP contribution >= 0.6 is 0 Å². The third-order valence-electron chi connectivity index (χ3n) is 10.2. The van der Waals surface area contributed by atoms with Crippen LogP contribution in [-0.2, 0) is 43.0 Å². The molecule has 0 saturated heterocycles. The molecule has 5 rings (SSSR count). The summed E-state index contributed by atoms with van der Waals surface area (Å²) in [6.07, 6.45) is 6.14. The van der Waals surface area contributed by atoms with Gasteiger partial charge in [-0.15, -0.1) is 0 Å². The molecule has 0 aliphatic heterocycles. The lowest BCUT2D eigenvalue weighted by molar-refractivity contribution is -0.193. The minimum atomic E-state index is -0.523. The number of hydrogen-bond acceptors (Lipinski definition) is 9. The van der Waals surface area contributed by atoms with Gasteiger partial charge in [-0.3, -0.25) is 14.4 Å². The van der Waals surface area contributed by atoms with Crippen LogP contribution in [0.3, 0.4) is 0 Å². The first kappa shape index (κ1) is 26.0. The van der Waals surface area contributed by atoms with E-state index in [4.69, 9.17) is 28.7 Å². The minimum absolute atomic E-state index is 0.0622. The third kappa shape index (κ3) is 3.48. The zero-order chi connectivity index (χ0) is 25.4. The molecule has 186 valence electrons. The van der Waals surface area contributed by atoms with Gasteiger partial charge in [-0.25, -0.2) is 0 Å². The van der Waals surface area contributed by atoms with Crippen LogP contribution in [0.4, 0.5) is 0 Å². The molecule has 4 bridgehead atoms. The standard InChI is InChI=1S/C23H32O5.2CO2/c1-11-12(2)15-7-13(11)9-22(15)5-6-23(21(22)26)10-14-8-16(23)18(20(25)28-4)17(14)19(24)27-3;2*2-1-3/h11-18H,5-10H2,1-4H3;;. The molecular weight excluding hydrogens is 444 g/mol. The van der Waals surface area contributed by atoms with E-state index in [2.05, 4.69) is 13.8 Å². The van der Waals surface area contributed by atoms with Crippen molar-refractivity contribution in [3.8, 4) is 0 Å². The van der Waals surface area contributed by atoms with Gasteiger partial charge in [0.2, 0.25) is 0 Å². The van der Waals surface area contributed by atoms with Crippen LogP contribution < -0.4 is 0 Å². The van der Waals surface area contributed by atoms with E-state index in [1.807, 2.05) is 0 Å². The van der Waals surface area contributed by atoms with Gasteiger partial charge in [0.1, 0.15) is 5.78 Å². The summed E-state index contributed by atoms with van der Waals surface area (Å²) in [5.74, 6) is 1.32. The quantitative estimate of drug-likeness (QED) is 0.548. The second kappa shape index (κ2) is 9.55. The van der Waals surface area contributed by atoms with E-state index in [0.29, 0.717) is 29.5 Å². The largest absolute Gasteiger partial charge is 0.469 e. The first-order chi connectivity index (χ1) is 16.1. The molecule has 10 unspecified atom stereocenters. The Morgan fingerprint density at radius 3 is 1.68 bits per heavy atom. The molecule has 0 aromatic rings. The number of carbonyl (C=O) groups is 3. The monoisotopic (exact) mass is 476 g/mol. The summed E-state index contributed by atoms with van der Waals surface area (Å²) in [7, 11) is 2.76. The highest BCUT2D eigenvalue weighted by molar-refractivity contribution is 5.96. The maximum Gasteiger partial charge on any atom is 0.373 e. The first-order valence-corrected chi connectivity index (χ1v) is 11.8. The molecule has 5 fully saturated rings. The number of rotatable bonds is 2. The molecule has 0 aromatic heterocycles. The molecule has 0 radical (unpaired) electrons. The molecule has 9 nitrogen and oxygen atoms in total. The summed E-state index contributed by atoms with van der Waals surface area (Å²) in [6, 6.07) is 0. The predicted octanol–water partition coefficient (Wildman–Crippen LogP) is 2.09. The molecule has 0 heterocycles. The van der Waals surface area contributed by atoms with Crippen molar-refractivity contribution in [2.45, 2.75) is 52.4 Å². The Hall–Kier alpha value is -2.63. The number of hydrogen-bond donors (Lipinski definition) is 0. The number of Topliss-reactive ketones (excluding diaryl/α,β-unsaturated/α-hetero) is 1. The highest BCUT2D eigenvalue weighted by Gasteiger charge is 2.74. The lowest BCUT2D eigenvalue weighted by Crippen LogP contribution is -2.50. The molecule has 5 saturated carbocycles. The van der Waals surface area contributed by atoms with Crippen molar-refractivity contribution in [2.24, 2.45) is 58.2 Å². The van der Waals surface area contributed by atoms with Gasteiger partial charge in [-0.05, 0) is 74.0 Å². The average molecular weight is 477 g/mol. The molecule has 34 heavy (non-hydrogen) atoms. The van der Waals surface area contributed by atoms with E-state index in [9.17, 15) is 14.4 Å². The van der Waals surface area contributed by atoms with Gasteiger partial charge in [0.05, 0.1) is 26.1 Å². The molecule has 5 aliphatic carbocycles. The molecule has 5 aliphatic rings. The molecule has 0 N–H and O–H groups in total. The van der Waals surface area contributed by atoms with Crippen LogP contribution in [0.15, 0.2) is 0 Å². The van der Waals surface area contributed by atoms with Gasteiger partial charge >= 0.3 is 24.2 Å². The fourth-order valence-electron chi connectivity index (χ4n) is 8.92. The Morgan fingerprint density at radius 1 is 0.765 bits per heavy atom. The van der Waals surface area contributed by atoms with Crippen LogP contribution in [0.5, 0.6) is 0 Å². The fraction of sp³-hybridized carbons (Fsp3) is 0.800. The molecule has 10 atom stereocenters. The Bertz CT molecular complexity index is 901. The Morgan fingerprint density at radius 2 is 1.21 bits per heavy atom. The summed E-state index contributed by atoms with van der Waals surface area (Å²) in [4.78, 5) is 71.7. The maximum atomic E-state index is 14.1. The molecular formula is C25H32O9. The summed E-state index contributed by atoms with van der Waals surface area (Å²) in [5.41, 5.74) is -0.579. The number of carbonyl (C=O) groups excluding carboxylic acids is 7. The van der Waals surface area contributed by atoms with Crippen molar-refractivity contribution in [3.05, 3.63) is 0 Å². The SMILES string of the molecule is COC(=O)C1C2CC(C1C(=O)OC)C1(CCC3(CC4CC3C(C)C4C)C1=O)C2.O=C=O.O=C=O. The topological polar surface area (TPSA) is 138 Å². The molecule has 2 spiro atoms. The number of methoxy groups -OCH3 is 2. The van der Waals surface area contributed by atoms with Gasteiger partial charge in [-0.1, -0.05) is 13.8 Å². The highest BCUT2D eigenvalue weighted by Crippen LogP contribution is 2.74. The van der Waals surface area contributed by atoms with Gasteiger partial charge in [0.25, 0.3) is 0 Å². The summed E-state index contributed by atoms with van der Waals surface area (Å²) < 4.78 is 10.1. The minimum Gasteiger partial charge on any atom is -0.469 e. The van der Waals surface area contributed by atoms with Gasteiger partial charge in [-0.2, -0.15) is 19.2 Å².